The first-order chi connectivity index (χ1) is 9.19. The predicted molar refractivity (Wildman–Crippen MR) is 83.9 cm³/mol. The molecule has 0 aliphatic rings. The highest BCUT2D eigenvalue weighted by atomic mass is 79.9. The smallest absolute Gasteiger partial charge is 0.144 e. The molecular formula is C13H13Br2N3O. The van der Waals surface area contributed by atoms with Gasteiger partial charge in [-0.3, -0.25) is 0 Å². The number of anilines is 2. The zero-order valence-electron chi connectivity index (χ0n) is 10.1. The highest BCUT2D eigenvalue weighted by Crippen LogP contribution is 2.27. The minimum atomic E-state index is 0.510. The van der Waals surface area contributed by atoms with Gasteiger partial charge >= 0.3 is 0 Å². The maximum atomic E-state index is 5.42. The van der Waals surface area contributed by atoms with Crippen molar-refractivity contribution < 1.29 is 4.74 Å². The zero-order valence-corrected chi connectivity index (χ0v) is 13.2. The summed E-state index contributed by atoms with van der Waals surface area (Å²) in [6.45, 7) is 1.03. The van der Waals surface area contributed by atoms with Gasteiger partial charge in [-0.05, 0) is 62.2 Å². The van der Waals surface area contributed by atoms with E-state index < -0.39 is 0 Å². The predicted octanol–water partition coefficient (Wildman–Crippen LogP) is 3.69. The molecule has 0 aliphatic heterocycles. The van der Waals surface area contributed by atoms with Crippen molar-refractivity contribution in [2.24, 2.45) is 5.73 Å². The number of nitrogens with one attached hydrogen (secondary N) is 1. The second-order valence-corrected chi connectivity index (χ2v) is 5.54. The van der Waals surface area contributed by atoms with Crippen LogP contribution in [0.5, 0.6) is 5.75 Å². The fraction of sp³-hybridized carbons (Fsp3) is 0.154. The van der Waals surface area contributed by atoms with Crippen LogP contribution >= 0.6 is 31.9 Å². The number of halogens is 2. The Bertz CT molecular complexity index is 546. The second-order valence-electron chi connectivity index (χ2n) is 3.77. The van der Waals surface area contributed by atoms with E-state index >= 15 is 0 Å². The van der Waals surface area contributed by atoms with E-state index in [1.54, 1.807) is 6.20 Å². The summed E-state index contributed by atoms with van der Waals surface area (Å²) >= 11 is 6.83. The summed E-state index contributed by atoms with van der Waals surface area (Å²) in [6, 6.07) is 9.59. The van der Waals surface area contributed by atoms with Gasteiger partial charge in [-0.15, -0.1) is 0 Å². The van der Waals surface area contributed by atoms with Gasteiger partial charge in [0.1, 0.15) is 18.2 Å². The Morgan fingerprint density at radius 3 is 2.58 bits per heavy atom. The first kappa shape index (κ1) is 14.3. The van der Waals surface area contributed by atoms with Crippen LogP contribution in [0, 0.1) is 0 Å². The van der Waals surface area contributed by atoms with E-state index in [0.717, 1.165) is 26.2 Å². The molecule has 3 N–H and O–H groups in total. The quantitative estimate of drug-likeness (QED) is 0.822. The number of aromatic nitrogens is 1. The van der Waals surface area contributed by atoms with Crippen molar-refractivity contribution in [3.63, 3.8) is 0 Å². The summed E-state index contributed by atoms with van der Waals surface area (Å²) in [6.07, 6.45) is 1.74. The third-order valence-corrected chi connectivity index (χ3v) is 3.35. The molecule has 0 fully saturated rings. The first-order valence-corrected chi connectivity index (χ1v) is 7.28. The molecule has 0 aliphatic carbocycles. The fourth-order valence-corrected chi connectivity index (χ4v) is 2.54. The van der Waals surface area contributed by atoms with Gasteiger partial charge in [-0.1, -0.05) is 0 Å². The van der Waals surface area contributed by atoms with Crippen LogP contribution in [0.2, 0.25) is 0 Å². The van der Waals surface area contributed by atoms with Crippen LogP contribution in [0.4, 0.5) is 11.5 Å². The zero-order chi connectivity index (χ0) is 13.7. The molecule has 2 aromatic rings. The highest BCUT2D eigenvalue weighted by molar-refractivity contribution is 9.11. The molecule has 0 radical (unpaired) electrons. The molecule has 0 atom stereocenters. The van der Waals surface area contributed by atoms with Crippen molar-refractivity contribution in [2.75, 3.05) is 18.5 Å². The Kier molecular flexibility index (Phi) is 5.18. The van der Waals surface area contributed by atoms with Crippen LogP contribution in [0.15, 0.2) is 45.5 Å². The monoisotopic (exact) mass is 385 g/mol. The molecule has 19 heavy (non-hydrogen) atoms. The van der Waals surface area contributed by atoms with Gasteiger partial charge < -0.3 is 15.8 Å². The number of nitrogens with zero attached hydrogens (tertiary/aromatic N) is 1. The van der Waals surface area contributed by atoms with Crippen molar-refractivity contribution in [3.8, 4) is 5.75 Å². The van der Waals surface area contributed by atoms with Crippen molar-refractivity contribution >= 4 is 43.4 Å². The summed E-state index contributed by atoms with van der Waals surface area (Å²) in [5, 5.41) is 3.22. The van der Waals surface area contributed by atoms with E-state index in [9.17, 15) is 0 Å². The lowest BCUT2D eigenvalue weighted by Gasteiger charge is -2.09. The highest BCUT2D eigenvalue weighted by Gasteiger charge is 2.03. The van der Waals surface area contributed by atoms with Crippen LogP contribution in [0.3, 0.4) is 0 Å². The van der Waals surface area contributed by atoms with Crippen molar-refractivity contribution in [1.29, 1.82) is 0 Å². The van der Waals surface area contributed by atoms with E-state index in [2.05, 4.69) is 42.2 Å². The lowest BCUT2D eigenvalue weighted by molar-refractivity contribution is 0.328. The molecule has 0 saturated heterocycles. The summed E-state index contributed by atoms with van der Waals surface area (Å²) in [7, 11) is 0. The summed E-state index contributed by atoms with van der Waals surface area (Å²) in [4.78, 5) is 4.29. The second kappa shape index (κ2) is 6.88. The van der Waals surface area contributed by atoms with Gasteiger partial charge in [-0.25, -0.2) is 4.98 Å². The van der Waals surface area contributed by atoms with Crippen LogP contribution in [0.25, 0.3) is 0 Å². The van der Waals surface area contributed by atoms with E-state index in [0.29, 0.717) is 13.2 Å². The topological polar surface area (TPSA) is 60.2 Å². The Balaban J connectivity index is 2.06. The van der Waals surface area contributed by atoms with Gasteiger partial charge in [0, 0.05) is 22.9 Å². The fourth-order valence-electron chi connectivity index (χ4n) is 1.45. The number of ether oxygens (including phenoxy) is 1. The molecule has 100 valence electrons. The number of benzene rings is 1. The average Bonchev–Trinajstić information content (AvgIpc) is 2.41. The molecule has 0 saturated carbocycles. The molecule has 0 amide bonds. The Morgan fingerprint density at radius 2 is 1.95 bits per heavy atom. The molecule has 4 nitrogen and oxygen atoms in total. The van der Waals surface area contributed by atoms with Crippen LogP contribution in [0.1, 0.15) is 0 Å². The normalized spacial score (nSPS) is 10.3. The van der Waals surface area contributed by atoms with Gasteiger partial charge in [0.15, 0.2) is 0 Å². The molecule has 0 bridgehead atoms. The van der Waals surface area contributed by atoms with E-state index in [4.69, 9.17) is 10.5 Å². The third kappa shape index (κ3) is 4.19. The molecule has 0 unspecified atom stereocenters. The summed E-state index contributed by atoms with van der Waals surface area (Å²) in [5.74, 6) is 1.57. The minimum Gasteiger partial charge on any atom is -0.492 e. The van der Waals surface area contributed by atoms with Crippen molar-refractivity contribution in [3.05, 3.63) is 45.5 Å². The minimum absolute atomic E-state index is 0.510. The molecule has 0 spiro atoms. The maximum absolute atomic E-state index is 5.42. The molecule has 6 heteroatoms. The molecule has 1 aromatic carbocycles. The lowest BCUT2D eigenvalue weighted by Crippen LogP contribution is -2.10. The number of nitrogens with two attached hydrogens (primary N) is 1. The van der Waals surface area contributed by atoms with Crippen molar-refractivity contribution in [1.82, 2.24) is 4.98 Å². The van der Waals surface area contributed by atoms with E-state index in [-0.39, 0.29) is 0 Å². The van der Waals surface area contributed by atoms with Gasteiger partial charge in [0.2, 0.25) is 0 Å². The lowest BCUT2D eigenvalue weighted by atomic mass is 10.3. The number of hydrogen-bond donors (Lipinski definition) is 2. The maximum Gasteiger partial charge on any atom is 0.144 e. The van der Waals surface area contributed by atoms with Gasteiger partial charge in [0.25, 0.3) is 0 Å². The molecule has 1 heterocycles. The Morgan fingerprint density at radius 1 is 1.21 bits per heavy atom. The first-order valence-electron chi connectivity index (χ1n) is 5.70. The molecule has 2 rings (SSSR count). The van der Waals surface area contributed by atoms with Crippen LogP contribution in [-0.4, -0.2) is 18.1 Å². The van der Waals surface area contributed by atoms with Gasteiger partial charge in [-0.2, -0.15) is 0 Å². The van der Waals surface area contributed by atoms with E-state index in [1.807, 2.05) is 30.3 Å². The Hall–Kier alpha value is -1.11. The van der Waals surface area contributed by atoms with Crippen LogP contribution in [-0.2, 0) is 0 Å². The van der Waals surface area contributed by atoms with Crippen LogP contribution < -0.4 is 15.8 Å². The SMILES string of the molecule is NCCOc1ccc(Nc2ncc(Br)cc2Br)cc1. The largest absolute Gasteiger partial charge is 0.492 e. The summed E-state index contributed by atoms with van der Waals surface area (Å²) < 4.78 is 7.24. The third-order valence-electron chi connectivity index (χ3n) is 2.31. The molecular weight excluding hydrogens is 374 g/mol. The standard InChI is InChI=1S/C13H13Br2N3O/c14-9-7-12(15)13(17-8-9)18-10-1-3-11(4-2-10)19-6-5-16/h1-4,7-8H,5-6,16H2,(H,17,18). The van der Waals surface area contributed by atoms with E-state index in [1.165, 1.54) is 0 Å². The molecule has 1 aromatic heterocycles. The number of pyridine rings is 1. The number of rotatable bonds is 5. The average molecular weight is 387 g/mol. The summed E-state index contributed by atoms with van der Waals surface area (Å²) in [5.41, 5.74) is 6.32. The van der Waals surface area contributed by atoms with Gasteiger partial charge in [0.05, 0.1) is 4.47 Å². The Labute approximate surface area is 128 Å². The van der Waals surface area contributed by atoms with Crippen molar-refractivity contribution in [2.45, 2.75) is 0 Å². The number of hydrogen-bond acceptors (Lipinski definition) is 4.